The normalized spacial score (nSPS) is 12.3. The van der Waals surface area contributed by atoms with E-state index in [1.165, 1.54) is 0 Å². The molecule has 0 aliphatic carbocycles. The van der Waals surface area contributed by atoms with E-state index in [4.69, 9.17) is 0 Å². The molecule has 0 bridgehead atoms. The zero-order valence-electron chi connectivity index (χ0n) is 20.0. The Bertz CT molecular complexity index is 663. The summed E-state index contributed by atoms with van der Waals surface area (Å²) >= 11 is 11.5. The van der Waals surface area contributed by atoms with Crippen molar-refractivity contribution < 1.29 is 58.8 Å². The number of carbonyl (C=O) groups is 8. The number of hydrogen-bond acceptors (Lipinski definition) is 12. The third-order valence-corrected chi connectivity index (χ3v) is 7.63. The van der Waals surface area contributed by atoms with Crippen molar-refractivity contribution in [3.63, 3.8) is 0 Å². The van der Waals surface area contributed by atoms with Gasteiger partial charge in [-0.15, -0.1) is 0 Å². The van der Waals surface area contributed by atoms with Gasteiger partial charge in [-0.1, -0.05) is 91.4 Å². The number of aliphatic carboxylic acids is 4. The van der Waals surface area contributed by atoms with Crippen LogP contribution in [0.1, 0.15) is 53.4 Å². The van der Waals surface area contributed by atoms with E-state index in [1.807, 2.05) is 0 Å². The van der Waals surface area contributed by atoms with Gasteiger partial charge in [0.15, 0.2) is 23.1 Å². The molecule has 0 aromatic heterocycles. The number of Topliss-reactive ketones (excluding diaryl/α,β-unsaturated/α-hetero) is 4. The SMILES string of the molecule is CCC(Br)C(=O)C(=O)[O-].CCC(Br)C(=O)C(=O)[O-].CCC(Br)C(=O)C(=O)[O-].CCC(Br)C(=O)C(=O)[O-].[Pb+4]. The topological polar surface area (TPSA) is 229 Å². The minimum atomic E-state index is -1.63. The molecule has 0 rings (SSSR count). The summed E-state index contributed by atoms with van der Waals surface area (Å²) in [6.07, 6.45) is 1.86. The number of halogens is 4. The van der Waals surface area contributed by atoms with Gasteiger partial charge in [0.05, 0.1) is 19.3 Å². The average molecular weight is 983 g/mol. The van der Waals surface area contributed by atoms with Crippen LogP contribution in [-0.4, -0.2) is 93.6 Å². The number of carboxylic acid groups (broad SMARTS) is 4. The van der Waals surface area contributed by atoms with Crippen LogP contribution < -0.4 is 20.4 Å². The molecule has 0 aromatic carbocycles. The molecule has 0 heterocycles. The van der Waals surface area contributed by atoms with Gasteiger partial charge < -0.3 is 39.6 Å². The van der Waals surface area contributed by atoms with Gasteiger partial charge in [-0.3, -0.25) is 19.2 Å². The molecule has 0 saturated heterocycles. The molecular weight excluding hydrogens is 959 g/mol. The van der Waals surface area contributed by atoms with Crippen LogP contribution in [0.25, 0.3) is 0 Å². The Hall–Kier alpha value is -0.598. The predicted octanol–water partition coefficient (Wildman–Crippen LogP) is -2.47. The fraction of sp³-hybridized carbons (Fsp3) is 0.600. The van der Waals surface area contributed by atoms with Crippen LogP contribution in [0.2, 0.25) is 0 Å². The van der Waals surface area contributed by atoms with Crippen LogP contribution in [0.15, 0.2) is 0 Å². The van der Waals surface area contributed by atoms with Crippen LogP contribution in [0.4, 0.5) is 0 Å². The minimum absolute atomic E-state index is 0. The van der Waals surface area contributed by atoms with Crippen LogP contribution in [0, 0.1) is 0 Å². The van der Waals surface area contributed by atoms with Gasteiger partial charge >= 0.3 is 27.3 Å². The molecule has 0 aliphatic rings. The van der Waals surface area contributed by atoms with Gasteiger partial charge in [-0.2, -0.15) is 0 Å². The van der Waals surface area contributed by atoms with Crippen LogP contribution in [0.5, 0.6) is 0 Å². The number of rotatable bonds is 12. The Morgan fingerprint density at radius 1 is 0.432 bits per heavy atom. The van der Waals surface area contributed by atoms with E-state index in [2.05, 4.69) is 63.7 Å². The van der Waals surface area contributed by atoms with Gasteiger partial charge in [0.25, 0.3) is 0 Å². The van der Waals surface area contributed by atoms with Crippen molar-refractivity contribution in [2.45, 2.75) is 72.7 Å². The standard InChI is InChI=1S/4C5H7BrO3.Pb/c4*1-2-3(6)4(7)5(8)9;/h4*3H,2H2,1H3,(H,8,9);/q;;;;+4/p-4. The molecule has 0 N–H and O–H groups in total. The quantitative estimate of drug-likeness (QED) is 0.113. The molecule has 4 atom stereocenters. The number of hydrogen-bond donors (Lipinski definition) is 0. The van der Waals surface area contributed by atoms with E-state index in [9.17, 15) is 58.8 Å². The summed E-state index contributed by atoms with van der Waals surface area (Å²) in [6, 6.07) is 0. The maximum atomic E-state index is 10.4. The maximum Gasteiger partial charge on any atom is 4.00 e. The first-order valence-corrected chi connectivity index (χ1v) is 13.6. The van der Waals surface area contributed by atoms with E-state index in [-0.39, 0.29) is 27.3 Å². The van der Waals surface area contributed by atoms with E-state index in [1.54, 1.807) is 27.7 Å². The zero-order valence-corrected chi connectivity index (χ0v) is 30.3. The Kier molecular flexibility index (Phi) is 33.7. The molecule has 4 unspecified atom stereocenters. The Balaban J connectivity index is -0.000000122. The summed E-state index contributed by atoms with van der Waals surface area (Å²) in [7, 11) is 0. The minimum Gasteiger partial charge on any atom is -0.542 e. The fourth-order valence-electron chi connectivity index (χ4n) is 1.25. The fourth-order valence-corrected chi connectivity index (χ4v) is 2.00. The third kappa shape index (κ3) is 25.4. The summed E-state index contributed by atoms with van der Waals surface area (Å²) in [4.78, 5) is 78.3. The molecule has 0 saturated carbocycles. The molecule has 0 amide bonds. The molecular formula is C20H24Br4O12Pb. The predicted molar refractivity (Wildman–Crippen MR) is 138 cm³/mol. The molecule has 0 radical (unpaired) electrons. The Morgan fingerprint density at radius 2 is 0.541 bits per heavy atom. The van der Waals surface area contributed by atoms with E-state index in [0.717, 1.165) is 0 Å². The summed E-state index contributed by atoms with van der Waals surface area (Å²) in [5, 5.41) is 39.2. The van der Waals surface area contributed by atoms with Crippen molar-refractivity contribution >= 4 is 138 Å². The largest absolute Gasteiger partial charge is 4.00 e. The average Bonchev–Trinajstić information content (AvgIpc) is 2.85. The van der Waals surface area contributed by atoms with Crippen molar-refractivity contribution in [2.75, 3.05) is 0 Å². The summed E-state index contributed by atoms with van der Waals surface area (Å²) < 4.78 is 0. The van der Waals surface area contributed by atoms with Crippen molar-refractivity contribution in [3.05, 3.63) is 0 Å². The molecule has 0 fully saturated rings. The Morgan fingerprint density at radius 3 is 0.568 bits per heavy atom. The first-order chi connectivity index (χ1) is 16.4. The monoisotopic (exact) mass is 980 g/mol. The first-order valence-electron chi connectivity index (χ1n) is 9.94. The zero-order chi connectivity index (χ0) is 29.8. The molecule has 208 valence electrons. The Labute approximate surface area is 267 Å². The second-order valence-corrected chi connectivity index (χ2v) is 10.5. The summed E-state index contributed by atoms with van der Waals surface area (Å²) in [5.74, 6) is -10.1. The van der Waals surface area contributed by atoms with E-state index < -0.39 is 66.3 Å². The van der Waals surface area contributed by atoms with Gasteiger partial charge in [-0.25, -0.2) is 0 Å². The molecule has 0 spiro atoms. The van der Waals surface area contributed by atoms with E-state index in [0.29, 0.717) is 25.7 Å². The van der Waals surface area contributed by atoms with Gasteiger partial charge in [0.1, 0.15) is 23.9 Å². The van der Waals surface area contributed by atoms with Crippen molar-refractivity contribution in [1.82, 2.24) is 0 Å². The molecule has 0 aliphatic heterocycles. The van der Waals surface area contributed by atoms with Crippen molar-refractivity contribution in [1.29, 1.82) is 0 Å². The number of ketones is 4. The van der Waals surface area contributed by atoms with Gasteiger partial charge in [0.2, 0.25) is 0 Å². The van der Waals surface area contributed by atoms with Gasteiger partial charge in [-0.05, 0) is 25.7 Å². The molecule has 12 nitrogen and oxygen atoms in total. The number of alkyl halides is 4. The maximum absolute atomic E-state index is 10.4. The first kappa shape index (κ1) is 46.3. The van der Waals surface area contributed by atoms with Crippen LogP contribution in [0.3, 0.4) is 0 Å². The van der Waals surface area contributed by atoms with E-state index >= 15 is 0 Å². The number of carbonyl (C=O) groups excluding carboxylic acids is 8. The third-order valence-electron chi connectivity index (χ3n) is 3.38. The van der Waals surface area contributed by atoms with Crippen molar-refractivity contribution in [2.24, 2.45) is 0 Å². The van der Waals surface area contributed by atoms with Crippen LogP contribution >= 0.6 is 63.7 Å². The number of carboxylic acids is 4. The molecule has 17 heteroatoms. The van der Waals surface area contributed by atoms with Gasteiger partial charge in [0, 0.05) is 0 Å². The summed E-state index contributed by atoms with van der Waals surface area (Å²) in [5.41, 5.74) is 0. The second kappa shape index (κ2) is 27.0. The van der Waals surface area contributed by atoms with Crippen molar-refractivity contribution in [3.8, 4) is 0 Å². The molecule has 37 heavy (non-hydrogen) atoms. The summed E-state index contributed by atoms with van der Waals surface area (Å²) in [6.45, 7) is 6.83. The molecule has 0 aromatic rings. The second-order valence-electron chi connectivity index (χ2n) is 6.11. The van der Waals surface area contributed by atoms with Crippen LogP contribution in [-0.2, 0) is 38.4 Å². The smallest absolute Gasteiger partial charge is 0.542 e.